The van der Waals surface area contributed by atoms with Crippen LogP contribution in [0, 0.1) is 11.8 Å². The fourth-order valence-electron chi connectivity index (χ4n) is 2.68. The molecule has 1 aliphatic carbocycles. The molecule has 0 radical (unpaired) electrons. The van der Waals surface area contributed by atoms with Gasteiger partial charge in [-0.05, 0) is 37.1 Å². The molecular weight excluding hydrogens is 272 g/mol. The summed E-state index contributed by atoms with van der Waals surface area (Å²) in [5, 5.41) is 13.8. The number of nitrogens with two attached hydrogens (primary N) is 1. The SMILES string of the molecule is NC(=O)c1ccc(NC(=O)[C@H]2CCCC[C@@H]2C(=O)[O-])cc1. The number of benzene rings is 1. The maximum atomic E-state index is 12.2. The predicted octanol–water partition coefficient (Wildman–Crippen LogP) is 0.280. The highest BCUT2D eigenvalue weighted by atomic mass is 16.4. The van der Waals surface area contributed by atoms with Crippen molar-refractivity contribution in [3.63, 3.8) is 0 Å². The van der Waals surface area contributed by atoms with Crippen LogP contribution in [0.15, 0.2) is 24.3 Å². The van der Waals surface area contributed by atoms with Gasteiger partial charge in [0.15, 0.2) is 0 Å². The maximum Gasteiger partial charge on any atom is 0.248 e. The van der Waals surface area contributed by atoms with E-state index in [2.05, 4.69) is 5.32 Å². The molecule has 1 saturated carbocycles. The highest BCUT2D eigenvalue weighted by molar-refractivity contribution is 5.96. The summed E-state index contributed by atoms with van der Waals surface area (Å²) in [6.07, 6.45) is 2.66. The van der Waals surface area contributed by atoms with Crippen molar-refractivity contribution in [3.8, 4) is 0 Å². The third-order valence-corrected chi connectivity index (χ3v) is 3.84. The third-order valence-electron chi connectivity index (χ3n) is 3.84. The number of hydrogen-bond donors (Lipinski definition) is 2. The average molecular weight is 289 g/mol. The summed E-state index contributed by atoms with van der Waals surface area (Å²) in [6.45, 7) is 0. The van der Waals surface area contributed by atoms with E-state index in [1.54, 1.807) is 12.1 Å². The molecule has 1 aliphatic rings. The van der Waals surface area contributed by atoms with Gasteiger partial charge in [0.05, 0.1) is 0 Å². The van der Waals surface area contributed by atoms with E-state index in [1.807, 2.05) is 0 Å². The van der Waals surface area contributed by atoms with Gasteiger partial charge >= 0.3 is 0 Å². The molecule has 2 amide bonds. The van der Waals surface area contributed by atoms with E-state index in [4.69, 9.17) is 5.73 Å². The van der Waals surface area contributed by atoms with Crippen molar-refractivity contribution in [2.45, 2.75) is 25.7 Å². The molecule has 0 heterocycles. The van der Waals surface area contributed by atoms with Crippen molar-refractivity contribution in [1.29, 1.82) is 0 Å². The molecule has 3 N–H and O–H groups in total. The van der Waals surface area contributed by atoms with Gasteiger partial charge in [0, 0.05) is 29.1 Å². The zero-order valence-electron chi connectivity index (χ0n) is 11.5. The molecule has 1 aromatic carbocycles. The van der Waals surface area contributed by atoms with E-state index in [9.17, 15) is 19.5 Å². The Balaban J connectivity index is 2.05. The van der Waals surface area contributed by atoms with Crippen LogP contribution in [-0.4, -0.2) is 17.8 Å². The van der Waals surface area contributed by atoms with E-state index in [0.29, 0.717) is 24.1 Å². The number of primary amides is 1. The van der Waals surface area contributed by atoms with Crippen LogP contribution < -0.4 is 16.2 Å². The summed E-state index contributed by atoms with van der Waals surface area (Å²) in [7, 11) is 0. The van der Waals surface area contributed by atoms with Crippen LogP contribution in [0.3, 0.4) is 0 Å². The number of carbonyl (C=O) groups is 3. The Labute approximate surface area is 122 Å². The minimum Gasteiger partial charge on any atom is -0.550 e. The van der Waals surface area contributed by atoms with Gasteiger partial charge in [-0.25, -0.2) is 0 Å². The van der Waals surface area contributed by atoms with Gasteiger partial charge in [0.1, 0.15) is 0 Å². The highest BCUT2D eigenvalue weighted by Crippen LogP contribution is 2.30. The number of rotatable bonds is 4. The van der Waals surface area contributed by atoms with E-state index >= 15 is 0 Å². The Kier molecular flexibility index (Phi) is 4.57. The van der Waals surface area contributed by atoms with Crippen LogP contribution in [0.2, 0.25) is 0 Å². The average Bonchev–Trinajstić information content (AvgIpc) is 2.47. The van der Waals surface area contributed by atoms with Crippen LogP contribution in [0.1, 0.15) is 36.0 Å². The number of carbonyl (C=O) groups excluding carboxylic acids is 3. The quantitative estimate of drug-likeness (QED) is 0.828. The van der Waals surface area contributed by atoms with Crippen LogP contribution in [0.5, 0.6) is 0 Å². The molecule has 1 fully saturated rings. The lowest BCUT2D eigenvalue weighted by Gasteiger charge is -2.31. The van der Waals surface area contributed by atoms with E-state index in [0.717, 1.165) is 12.8 Å². The van der Waals surface area contributed by atoms with Gasteiger partial charge in [-0.1, -0.05) is 12.8 Å². The molecule has 112 valence electrons. The normalized spacial score (nSPS) is 21.5. The molecule has 2 atom stereocenters. The van der Waals surface area contributed by atoms with Crippen molar-refractivity contribution in [3.05, 3.63) is 29.8 Å². The first-order valence-electron chi connectivity index (χ1n) is 6.90. The van der Waals surface area contributed by atoms with E-state index < -0.39 is 23.7 Å². The Morgan fingerprint density at radius 1 is 1.05 bits per heavy atom. The number of carboxylic acids is 1. The smallest absolute Gasteiger partial charge is 0.248 e. The molecule has 0 bridgehead atoms. The third kappa shape index (κ3) is 3.59. The topological polar surface area (TPSA) is 112 Å². The fraction of sp³-hybridized carbons (Fsp3) is 0.400. The zero-order valence-corrected chi connectivity index (χ0v) is 11.5. The summed E-state index contributed by atoms with van der Waals surface area (Å²) in [5.41, 5.74) is 5.99. The van der Waals surface area contributed by atoms with E-state index in [1.165, 1.54) is 12.1 Å². The van der Waals surface area contributed by atoms with Crippen molar-refractivity contribution in [1.82, 2.24) is 0 Å². The zero-order chi connectivity index (χ0) is 15.4. The molecule has 21 heavy (non-hydrogen) atoms. The lowest BCUT2D eigenvalue weighted by molar-refractivity contribution is -0.313. The molecule has 1 aromatic rings. The van der Waals surface area contributed by atoms with Crippen LogP contribution in [-0.2, 0) is 9.59 Å². The van der Waals surface area contributed by atoms with Crippen molar-refractivity contribution in [2.75, 3.05) is 5.32 Å². The number of hydrogen-bond acceptors (Lipinski definition) is 4. The lowest BCUT2D eigenvalue weighted by atomic mass is 9.78. The Bertz CT molecular complexity index is 553. The first-order chi connectivity index (χ1) is 9.99. The maximum absolute atomic E-state index is 12.2. The van der Waals surface area contributed by atoms with E-state index in [-0.39, 0.29) is 5.91 Å². The Hall–Kier alpha value is -2.37. The predicted molar refractivity (Wildman–Crippen MR) is 74.0 cm³/mol. The van der Waals surface area contributed by atoms with Crippen LogP contribution in [0.25, 0.3) is 0 Å². The van der Waals surface area contributed by atoms with Gasteiger partial charge in [-0.3, -0.25) is 9.59 Å². The molecule has 2 rings (SSSR count). The van der Waals surface area contributed by atoms with Gasteiger partial charge in [-0.2, -0.15) is 0 Å². The number of carboxylic acid groups (broad SMARTS) is 1. The summed E-state index contributed by atoms with van der Waals surface area (Å²) in [6, 6.07) is 6.15. The number of nitrogens with one attached hydrogen (secondary N) is 1. The molecular formula is C15H17N2O4-. The summed E-state index contributed by atoms with van der Waals surface area (Å²) >= 11 is 0. The van der Waals surface area contributed by atoms with Crippen LogP contribution in [0.4, 0.5) is 5.69 Å². The summed E-state index contributed by atoms with van der Waals surface area (Å²) < 4.78 is 0. The minimum atomic E-state index is -1.17. The van der Waals surface area contributed by atoms with Gasteiger partial charge in [0.25, 0.3) is 0 Å². The largest absolute Gasteiger partial charge is 0.550 e. The molecule has 0 unspecified atom stereocenters. The molecule has 0 spiro atoms. The molecule has 0 saturated heterocycles. The second-order valence-corrected chi connectivity index (χ2v) is 5.25. The van der Waals surface area contributed by atoms with Crippen molar-refractivity contribution >= 4 is 23.5 Å². The summed E-state index contributed by atoms with van der Waals surface area (Å²) in [5.74, 6) is -3.34. The highest BCUT2D eigenvalue weighted by Gasteiger charge is 2.31. The molecule has 6 nitrogen and oxygen atoms in total. The first kappa shape index (κ1) is 15.0. The Morgan fingerprint density at radius 2 is 1.62 bits per heavy atom. The van der Waals surface area contributed by atoms with Crippen LogP contribution >= 0.6 is 0 Å². The molecule has 6 heteroatoms. The molecule has 0 aromatic heterocycles. The minimum absolute atomic E-state index is 0.323. The monoisotopic (exact) mass is 289 g/mol. The first-order valence-corrected chi connectivity index (χ1v) is 6.90. The van der Waals surface area contributed by atoms with Crippen molar-refractivity contribution < 1.29 is 19.5 Å². The number of aliphatic carboxylic acids is 1. The lowest BCUT2D eigenvalue weighted by Crippen LogP contribution is -2.42. The second-order valence-electron chi connectivity index (χ2n) is 5.25. The van der Waals surface area contributed by atoms with Gasteiger partial charge < -0.3 is 21.0 Å². The fourth-order valence-corrected chi connectivity index (χ4v) is 2.68. The Morgan fingerprint density at radius 3 is 2.14 bits per heavy atom. The van der Waals surface area contributed by atoms with Gasteiger partial charge in [-0.15, -0.1) is 0 Å². The number of amides is 2. The van der Waals surface area contributed by atoms with Gasteiger partial charge in [0.2, 0.25) is 11.8 Å². The second kappa shape index (κ2) is 6.39. The standard InChI is InChI=1S/C15H18N2O4/c16-13(18)9-5-7-10(8-6-9)17-14(19)11-3-1-2-4-12(11)15(20)21/h5-8,11-12H,1-4H2,(H2,16,18)(H,17,19)(H,20,21)/p-1/t11-,12-/m0/s1. The summed E-state index contributed by atoms with van der Waals surface area (Å²) in [4.78, 5) is 34.3. The van der Waals surface area contributed by atoms with Crippen molar-refractivity contribution in [2.24, 2.45) is 17.6 Å². The number of anilines is 1. The molecule has 0 aliphatic heterocycles.